The first-order valence-corrected chi connectivity index (χ1v) is 6.80. The first-order valence-electron chi connectivity index (χ1n) is 6.80. The normalized spacial score (nSPS) is 11.6. The molecule has 1 rings (SSSR count). The minimum Gasteiger partial charge on any atom is -0.342 e. The molecule has 1 amide bonds. The maximum atomic E-state index is 13.1. The Morgan fingerprint density at radius 3 is 2.65 bits per heavy atom. The first-order chi connectivity index (χ1) is 9.02. The van der Waals surface area contributed by atoms with Gasteiger partial charge in [0, 0.05) is 25.6 Å². The van der Waals surface area contributed by atoms with E-state index in [9.17, 15) is 9.18 Å². The summed E-state index contributed by atoms with van der Waals surface area (Å²) in [5.74, 6) is -0.158. The first kappa shape index (κ1) is 18.9. The molecule has 0 saturated carbocycles. The molecule has 1 unspecified atom stereocenters. The summed E-state index contributed by atoms with van der Waals surface area (Å²) in [5, 5.41) is 0. The van der Waals surface area contributed by atoms with Crippen molar-refractivity contribution in [2.75, 3.05) is 13.1 Å². The summed E-state index contributed by atoms with van der Waals surface area (Å²) in [6.45, 7) is 5.20. The highest BCUT2D eigenvalue weighted by atomic mass is 35.5. The van der Waals surface area contributed by atoms with Gasteiger partial charge in [0.1, 0.15) is 5.82 Å². The Morgan fingerprint density at radius 2 is 2.10 bits per heavy atom. The van der Waals surface area contributed by atoms with Crippen molar-refractivity contribution in [1.82, 2.24) is 4.90 Å². The Bertz CT molecular complexity index is 413. The second-order valence-corrected chi connectivity index (χ2v) is 4.94. The molecular weight excluding hydrogens is 279 g/mol. The summed E-state index contributed by atoms with van der Waals surface area (Å²) in [6, 6.07) is 6.39. The van der Waals surface area contributed by atoms with E-state index in [1.165, 1.54) is 12.1 Å². The maximum Gasteiger partial charge on any atom is 0.224 e. The molecular formula is C15H24ClFN2O. The average Bonchev–Trinajstić information content (AvgIpc) is 2.33. The molecule has 0 saturated heterocycles. The van der Waals surface area contributed by atoms with Gasteiger partial charge in [0.15, 0.2) is 0 Å². The molecule has 5 heteroatoms. The molecule has 1 atom stereocenters. The Kier molecular flexibility index (Phi) is 9.17. The van der Waals surface area contributed by atoms with Crippen LogP contribution in [-0.4, -0.2) is 29.9 Å². The number of hydrogen-bond acceptors (Lipinski definition) is 2. The van der Waals surface area contributed by atoms with E-state index < -0.39 is 0 Å². The zero-order valence-electron chi connectivity index (χ0n) is 12.1. The molecule has 0 fully saturated rings. The van der Waals surface area contributed by atoms with Gasteiger partial charge < -0.3 is 10.6 Å². The fourth-order valence-corrected chi connectivity index (χ4v) is 1.99. The molecule has 2 N–H and O–H groups in total. The number of nitrogens with two attached hydrogens (primary N) is 1. The highest BCUT2D eigenvalue weighted by molar-refractivity contribution is 5.85. The molecule has 0 aliphatic carbocycles. The van der Waals surface area contributed by atoms with Crippen molar-refractivity contribution in [3.05, 3.63) is 35.6 Å². The highest BCUT2D eigenvalue weighted by Crippen LogP contribution is 2.07. The number of amides is 1. The molecule has 20 heavy (non-hydrogen) atoms. The van der Waals surface area contributed by atoms with E-state index in [1.807, 2.05) is 24.8 Å². The van der Waals surface area contributed by atoms with E-state index in [0.717, 1.165) is 18.5 Å². The van der Waals surface area contributed by atoms with Crippen LogP contribution in [0.5, 0.6) is 0 Å². The van der Waals surface area contributed by atoms with Crippen LogP contribution in [0.2, 0.25) is 0 Å². The Balaban J connectivity index is 0.00000361. The van der Waals surface area contributed by atoms with Crippen LogP contribution in [0.25, 0.3) is 0 Å². The average molecular weight is 303 g/mol. The van der Waals surface area contributed by atoms with Gasteiger partial charge in [-0.05, 0) is 37.5 Å². The van der Waals surface area contributed by atoms with Crippen LogP contribution in [0, 0.1) is 5.82 Å². The second-order valence-electron chi connectivity index (χ2n) is 4.94. The third kappa shape index (κ3) is 6.87. The lowest BCUT2D eigenvalue weighted by Crippen LogP contribution is -2.36. The van der Waals surface area contributed by atoms with E-state index in [2.05, 4.69) is 0 Å². The summed E-state index contributed by atoms with van der Waals surface area (Å²) in [7, 11) is 0. The van der Waals surface area contributed by atoms with Crippen molar-refractivity contribution in [2.24, 2.45) is 5.73 Å². The van der Waals surface area contributed by atoms with Crippen LogP contribution in [0.1, 0.15) is 32.3 Å². The van der Waals surface area contributed by atoms with Gasteiger partial charge in [-0.1, -0.05) is 19.1 Å². The van der Waals surface area contributed by atoms with E-state index in [-0.39, 0.29) is 30.2 Å². The molecule has 1 aromatic rings. The fraction of sp³-hybridized carbons (Fsp3) is 0.533. The predicted molar refractivity (Wildman–Crippen MR) is 82.5 cm³/mol. The molecule has 0 bridgehead atoms. The molecule has 0 spiro atoms. The van der Waals surface area contributed by atoms with Gasteiger partial charge in [-0.2, -0.15) is 0 Å². The third-order valence-corrected chi connectivity index (χ3v) is 2.90. The van der Waals surface area contributed by atoms with Crippen molar-refractivity contribution in [1.29, 1.82) is 0 Å². The molecule has 0 aliphatic rings. The lowest BCUT2D eigenvalue weighted by molar-refractivity contribution is -0.131. The van der Waals surface area contributed by atoms with Crippen molar-refractivity contribution in [3.8, 4) is 0 Å². The van der Waals surface area contributed by atoms with Gasteiger partial charge in [-0.3, -0.25) is 4.79 Å². The Hall–Kier alpha value is -1.13. The van der Waals surface area contributed by atoms with Gasteiger partial charge in [-0.15, -0.1) is 12.4 Å². The number of rotatable bonds is 7. The van der Waals surface area contributed by atoms with Crippen LogP contribution >= 0.6 is 12.4 Å². The summed E-state index contributed by atoms with van der Waals surface area (Å²) in [4.78, 5) is 13.8. The minimum atomic E-state index is -0.235. The lowest BCUT2D eigenvalue weighted by Gasteiger charge is -2.23. The zero-order chi connectivity index (χ0) is 14.3. The molecule has 3 nitrogen and oxygen atoms in total. The summed E-state index contributed by atoms with van der Waals surface area (Å²) in [5.41, 5.74) is 6.57. The Labute approximate surface area is 126 Å². The maximum absolute atomic E-state index is 13.1. The second kappa shape index (κ2) is 9.72. The molecule has 0 aromatic heterocycles. The molecule has 1 aromatic carbocycles. The standard InChI is InChI=1S/C15H23FN2O.ClH/c1-3-8-18(15(19)10-12(2)17)9-7-13-5-4-6-14(16)11-13;/h4-6,11-12H,3,7-10,17H2,1-2H3;1H. The van der Waals surface area contributed by atoms with Crippen LogP contribution in [0.4, 0.5) is 4.39 Å². The monoisotopic (exact) mass is 302 g/mol. The van der Waals surface area contributed by atoms with Crippen molar-refractivity contribution in [2.45, 2.75) is 39.2 Å². The minimum absolute atomic E-state index is 0. The number of carbonyl (C=O) groups is 1. The van der Waals surface area contributed by atoms with Crippen LogP contribution < -0.4 is 5.73 Å². The number of halogens is 2. The van der Waals surface area contributed by atoms with Crippen LogP contribution in [0.15, 0.2) is 24.3 Å². The van der Waals surface area contributed by atoms with Gasteiger partial charge >= 0.3 is 0 Å². The fourth-order valence-electron chi connectivity index (χ4n) is 1.99. The van der Waals surface area contributed by atoms with Crippen molar-refractivity contribution in [3.63, 3.8) is 0 Å². The number of hydrogen-bond donors (Lipinski definition) is 1. The van der Waals surface area contributed by atoms with Crippen LogP contribution in [-0.2, 0) is 11.2 Å². The lowest BCUT2D eigenvalue weighted by atomic mass is 10.1. The third-order valence-electron chi connectivity index (χ3n) is 2.90. The van der Waals surface area contributed by atoms with Gasteiger partial charge in [0.05, 0.1) is 0 Å². The summed E-state index contributed by atoms with van der Waals surface area (Å²) >= 11 is 0. The van der Waals surface area contributed by atoms with E-state index in [0.29, 0.717) is 19.4 Å². The Morgan fingerprint density at radius 1 is 1.40 bits per heavy atom. The molecule has 114 valence electrons. The van der Waals surface area contributed by atoms with Crippen molar-refractivity contribution < 1.29 is 9.18 Å². The van der Waals surface area contributed by atoms with Crippen molar-refractivity contribution >= 4 is 18.3 Å². The molecule has 0 heterocycles. The topological polar surface area (TPSA) is 46.3 Å². The summed E-state index contributed by atoms with van der Waals surface area (Å²) in [6.07, 6.45) is 1.94. The van der Waals surface area contributed by atoms with Crippen LogP contribution in [0.3, 0.4) is 0 Å². The number of carbonyl (C=O) groups excluding carboxylic acids is 1. The molecule has 0 aliphatic heterocycles. The van der Waals surface area contributed by atoms with E-state index in [1.54, 1.807) is 6.07 Å². The molecule has 0 radical (unpaired) electrons. The quantitative estimate of drug-likeness (QED) is 0.842. The number of benzene rings is 1. The smallest absolute Gasteiger partial charge is 0.224 e. The van der Waals surface area contributed by atoms with Gasteiger partial charge in [-0.25, -0.2) is 4.39 Å². The zero-order valence-corrected chi connectivity index (χ0v) is 13.0. The highest BCUT2D eigenvalue weighted by Gasteiger charge is 2.14. The number of nitrogens with zero attached hydrogens (tertiary/aromatic N) is 1. The van der Waals surface area contributed by atoms with Gasteiger partial charge in [0.2, 0.25) is 5.91 Å². The SMILES string of the molecule is CCCN(CCc1cccc(F)c1)C(=O)CC(C)N.Cl. The van der Waals surface area contributed by atoms with Gasteiger partial charge in [0.25, 0.3) is 0 Å². The predicted octanol–water partition coefficient (Wildman–Crippen LogP) is 2.77. The van der Waals surface area contributed by atoms with E-state index >= 15 is 0 Å². The summed E-state index contributed by atoms with van der Waals surface area (Å²) < 4.78 is 13.1. The largest absolute Gasteiger partial charge is 0.342 e. The van der Waals surface area contributed by atoms with E-state index in [4.69, 9.17) is 5.73 Å².